The van der Waals surface area contributed by atoms with Gasteiger partial charge in [-0.2, -0.15) is 5.26 Å². The first kappa shape index (κ1) is 11.2. The summed E-state index contributed by atoms with van der Waals surface area (Å²) in [4.78, 5) is 7.52. The van der Waals surface area contributed by atoms with Crippen molar-refractivity contribution >= 4 is 0 Å². The molecular formula is C13H13N3O. The molecular weight excluding hydrogens is 214 g/mol. The molecule has 4 nitrogen and oxygen atoms in total. The van der Waals surface area contributed by atoms with Crippen LogP contribution in [0.4, 0.5) is 0 Å². The summed E-state index contributed by atoms with van der Waals surface area (Å²) in [6.45, 7) is 1.95. The molecule has 2 rings (SSSR count). The highest BCUT2D eigenvalue weighted by molar-refractivity contribution is 5.63. The number of benzene rings is 1. The van der Waals surface area contributed by atoms with E-state index in [0.29, 0.717) is 12.2 Å². The Bertz CT molecular complexity index is 566. The standard InChI is InChI=1S/C13H13N3O/c1-9-13(16-12(15-9)6-7-14)10-4-3-5-11(8-10)17-2/h3-5,8H,6H2,1-2H3,(H,15,16). The van der Waals surface area contributed by atoms with Gasteiger partial charge in [-0.3, -0.25) is 0 Å². The number of hydrogen-bond donors (Lipinski definition) is 1. The molecule has 0 aliphatic heterocycles. The van der Waals surface area contributed by atoms with E-state index < -0.39 is 0 Å². The van der Waals surface area contributed by atoms with Gasteiger partial charge in [-0.05, 0) is 19.1 Å². The van der Waals surface area contributed by atoms with Crippen molar-refractivity contribution < 1.29 is 4.74 Å². The molecule has 0 bridgehead atoms. The second-order valence-electron chi connectivity index (χ2n) is 3.72. The highest BCUT2D eigenvalue weighted by Crippen LogP contribution is 2.24. The van der Waals surface area contributed by atoms with Gasteiger partial charge in [0, 0.05) is 11.3 Å². The fraction of sp³-hybridized carbons (Fsp3) is 0.231. The summed E-state index contributed by atoms with van der Waals surface area (Å²) in [6.07, 6.45) is 0.296. The third-order valence-electron chi connectivity index (χ3n) is 2.52. The van der Waals surface area contributed by atoms with Gasteiger partial charge in [0.15, 0.2) is 0 Å². The van der Waals surface area contributed by atoms with Crippen LogP contribution in [0.1, 0.15) is 11.5 Å². The zero-order chi connectivity index (χ0) is 12.3. The number of nitriles is 1. The summed E-state index contributed by atoms with van der Waals surface area (Å²) in [5, 5.41) is 8.64. The van der Waals surface area contributed by atoms with Gasteiger partial charge in [-0.25, -0.2) is 4.98 Å². The summed E-state index contributed by atoms with van der Waals surface area (Å²) < 4.78 is 5.18. The second-order valence-corrected chi connectivity index (χ2v) is 3.72. The number of nitrogens with zero attached hydrogens (tertiary/aromatic N) is 2. The lowest BCUT2D eigenvalue weighted by atomic mass is 10.1. The maximum Gasteiger partial charge on any atom is 0.121 e. The lowest BCUT2D eigenvalue weighted by molar-refractivity contribution is 0.415. The third kappa shape index (κ3) is 2.28. The minimum absolute atomic E-state index is 0.296. The molecule has 1 aromatic carbocycles. The van der Waals surface area contributed by atoms with Gasteiger partial charge in [0.2, 0.25) is 0 Å². The Morgan fingerprint density at radius 1 is 1.47 bits per heavy atom. The van der Waals surface area contributed by atoms with Gasteiger partial charge in [-0.1, -0.05) is 12.1 Å². The smallest absolute Gasteiger partial charge is 0.121 e. The summed E-state index contributed by atoms with van der Waals surface area (Å²) in [7, 11) is 1.64. The number of aromatic amines is 1. The number of H-pyrrole nitrogens is 1. The first-order chi connectivity index (χ1) is 8.24. The minimum atomic E-state index is 0.296. The van der Waals surface area contributed by atoms with Crippen LogP contribution in [0.25, 0.3) is 11.3 Å². The summed E-state index contributed by atoms with van der Waals surface area (Å²) in [5.74, 6) is 1.49. The van der Waals surface area contributed by atoms with E-state index in [1.54, 1.807) is 7.11 Å². The minimum Gasteiger partial charge on any atom is -0.497 e. The van der Waals surface area contributed by atoms with Crippen molar-refractivity contribution in [3.8, 4) is 23.1 Å². The van der Waals surface area contributed by atoms with Crippen LogP contribution in [-0.4, -0.2) is 17.1 Å². The number of aryl methyl sites for hydroxylation is 1. The number of rotatable bonds is 3. The Morgan fingerprint density at radius 2 is 2.29 bits per heavy atom. The van der Waals surface area contributed by atoms with Gasteiger partial charge in [-0.15, -0.1) is 0 Å². The van der Waals surface area contributed by atoms with Crippen molar-refractivity contribution in [3.63, 3.8) is 0 Å². The van der Waals surface area contributed by atoms with Gasteiger partial charge in [0.25, 0.3) is 0 Å². The van der Waals surface area contributed by atoms with Crippen LogP contribution >= 0.6 is 0 Å². The average molecular weight is 227 g/mol. The first-order valence-electron chi connectivity index (χ1n) is 5.31. The Morgan fingerprint density at radius 3 is 3.00 bits per heavy atom. The lowest BCUT2D eigenvalue weighted by Crippen LogP contribution is -1.86. The normalized spacial score (nSPS) is 9.94. The second kappa shape index (κ2) is 4.71. The van der Waals surface area contributed by atoms with E-state index in [4.69, 9.17) is 10.00 Å². The molecule has 0 saturated carbocycles. The van der Waals surface area contributed by atoms with Crippen molar-refractivity contribution in [2.24, 2.45) is 0 Å². The number of aromatic nitrogens is 2. The van der Waals surface area contributed by atoms with Crippen molar-refractivity contribution in [2.75, 3.05) is 7.11 Å². The zero-order valence-electron chi connectivity index (χ0n) is 9.82. The number of ether oxygens (including phenoxy) is 1. The van der Waals surface area contributed by atoms with Crippen LogP contribution in [0.15, 0.2) is 24.3 Å². The molecule has 0 amide bonds. The molecule has 1 heterocycles. The fourth-order valence-electron chi connectivity index (χ4n) is 1.73. The van der Waals surface area contributed by atoms with Gasteiger partial charge in [0.1, 0.15) is 11.6 Å². The van der Waals surface area contributed by atoms with Crippen LogP contribution in [-0.2, 0) is 6.42 Å². The summed E-state index contributed by atoms with van der Waals surface area (Å²) >= 11 is 0. The molecule has 0 saturated heterocycles. The molecule has 0 aliphatic rings. The Kier molecular flexibility index (Phi) is 3.10. The van der Waals surface area contributed by atoms with Crippen LogP contribution < -0.4 is 4.74 Å². The maximum absolute atomic E-state index is 8.64. The van der Waals surface area contributed by atoms with E-state index in [2.05, 4.69) is 16.0 Å². The van der Waals surface area contributed by atoms with E-state index in [1.807, 2.05) is 31.2 Å². The molecule has 0 aliphatic carbocycles. The van der Waals surface area contributed by atoms with E-state index in [1.165, 1.54) is 0 Å². The topological polar surface area (TPSA) is 61.7 Å². The van der Waals surface area contributed by atoms with Gasteiger partial charge >= 0.3 is 0 Å². The summed E-state index contributed by atoms with van der Waals surface area (Å²) in [6, 6.07) is 9.80. The van der Waals surface area contributed by atoms with Gasteiger partial charge in [0.05, 0.1) is 25.3 Å². The van der Waals surface area contributed by atoms with Crippen molar-refractivity contribution in [1.82, 2.24) is 9.97 Å². The molecule has 4 heteroatoms. The molecule has 0 spiro atoms. The molecule has 17 heavy (non-hydrogen) atoms. The summed E-state index contributed by atoms with van der Waals surface area (Å²) in [5.41, 5.74) is 2.82. The highest BCUT2D eigenvalue weighted by Gasteiger charge is 2.09. The van der Waals surface area contributed by atoms with Crippen molar-refractivity contribution in [3.05, 3.63) is 35.8 Å². The molecule has 2 aromatic rings. The zero-order valence-corrected chi connectivity index (χ0v) is 9.82. The Hall–Kier alpha value is -2.28. The number of nitrogens with one attached hydrogen (secondary N) is 1. The van der Waals surface area contributed by atoms with Crippen LogP contribution in [0.3, 0.4) is 0 Å². The van der Waals surface area contributed by atoms with E-state index in [9.17, 15) is 0 Å². The van der Waals surface area contributed by atoms with Gasteiger partial charge < -0.3 is 9.72 Å². The molecule has 1 aromatic heterocycles. The quantitative estimate of drug-likeness (QED) is 0.876. The van der Waals surface area contributed by atoms with E-state index in [0.717, 1.165) is 22.7 Å². The number of imidazole rings is 1. The van der Waals surface area contributed by atoms with Crippen molar-refractivity contribution in [1.29, 1.82) is 5.26 Å². The SMILES string of the molecule is COc1cccc(-c2nc(CC#N)[nH]c2C)c1. The third-order valence-corrected chi connectivity index (χ3v) is 2.52. The van der Waals surface area contributed by atoms with E-state index >= 15 is 0 Å². The predicted molar refractivity (Wildman–Crippen MR) is 64.6 cm³/mol. The van der Waals surface area contributed by atoms with Crippen LogP contribution in [0, 0.1) is 18.3 Å². The largest absolute Gasteiger partial charge is 0.497 e. The molecule has 86 valence electrons. The Labute approximate surface area is 99.9 Å². The maximum atomic E-state index is 8.64. The molecule has 0 fully saturated rings. The first-order valence-corrected chi connectivity index (χ1v) is 5.31. The molecule has 1 N–H and O–H groups in total. The average Bonchev–Trinajstić information content (AvgIpc) is 2.71. The highest BCUT2D eigenvalue weighted by atomic mass is 16.5. The van der Waals surface area contributed by atoms with Crippen LogP contribution in [0.5, 0.6) is 5.75 Å². The predicted octanol–water partition coefficient (Wildman–Crippen LogP) is 2.46. The number of methoxy groups -OCH3 is 1. The van der Waals surface area contributed by atoms with Crippen LogP contribution in [0.2, 0.25) is 0 Å². The monoisotopic (exact) mass is 227 g/mol. The molecule has 0 atom stereocenters. The molecule has 0 radical (unpaired) electrons. The number of hydrogen-bond acceptors (Lipinski definition) is 3. The fourth-order valence-corrected chi connectivity index (χ4v) is 1.73. The molecule has 0 unspecified atom stereocenters. The lowest BCUT2D eigenvalue weighted by Gasteiger charge is -2.02. The Balaban J connectivity index is 2.42. The van der Waals surface area contributed by atoms with Crippen molar-refractivity contribution in [2.45, 2.75) is 13.3 Å². The van der Waals surface area contributed by atoms with E-state index in [-0.39, 0.29) is 0 Å².